The fourth-order valence-electron chi connectivity index (χ4n) is 1.84. The smallest absolute Gasteiger partial charge is 0.215 e. The topological polar surface area (TPSA) is 76.0 Å². The third-order valence-corrected chi connectivity index (χ3v) is 2.96. The van der Waals surface area contributed by atoms with Crippen LogP contribution < -0.4 is 16.0 Å². The molecule has 0 amide bonds. The molecular formula is C12H16N4O. The van der Waals surface area contributed by atoms with Gasteiger partial charge >= 0.3 is 0 Å². The highest BCUT2D eigenvalue weighted by Crippen LogP contribution is 2.30. The maximum atomic E-state index is 5.29. The molecule has 0 unspecified atom stereocenters. The molecule has 0 bridgehead atoms. The zero-order valence-corrected chi connectivity index (χ0v) is 10.2. The summed E-state index contributed by atoms with van der Waals surface area (Å²) in [6.45, 7) is 4.10. The monoisotopic (exact) mass is 232 g/mol. The molecule has 0 saturated carbocycles. The molecular weight excluding hydrogens is 216 g/mol. The van der Waals surface area contributed by atoms with E-state index in [1.54, 1.807) is 13.3 Å². The van der Waals surface area contributed by atoms with Gasteiger partial charge in [-0.25, -0.2) is 10.8 Å². The van der Waals surface area contributed by atoms with Crippen LogP contribution in [0, 0.1) is 13.8 Å². The number of aromatic amines is 1. The van der Waals surface area contributed by atoms with Crippen LogP contribution in [0.5, 0.6) is 5.75 Å². The summed E-state index contributed by atoms with van der Waals surface area (Å²) >= 11 is 0. The zero-order chi connectivity index (χ0) is 12.4. The van der Waals surface area contributed by atoms with Crippen molar-refractivity contribution in [1.29, 1.82) is 0 Å². The third kappa shape index (κ3) is 1.97. The average molecular weight is 232 g/mol. The van der Waals surface area contributed by atoms with Crippen molar-refractivity contribution in [2.75, 3.05) is 12.5 Å². The molecule has 0 spiro atoms. The minimum absolute atomic E-state index is 0.549. The number of hydrogen-bond donors (Lipinski definition) is 3. The summed E-state index contributed by atoms with van der Waals surface area (Å²) in [6.07, 6.45) is 1.75. The summed E-state index contributed by atoms with van der Waals surface area (Å²) < 4.78 is 5.28. The van der Waals surface area contributed by atoms with Gasteiger partial charge in [0.1, 0.15) is 5.75 Å². The molecule has 0 aliphatic carbocycles. The van der Waals surface area contributed by atoms with Gasteiger partial charge in [-0.15, -0.1) is 0 Å². The summed E-state index contributed by atoms with van der Waals surface area (Å²) in [5.74, 6) is 6.73. The molecule has 0 aliphatic rings. The van der Waals surface area contributed by atoms with E-state index in [2.05, 4.69) is 22.3 Å². The molecule has 5 heteroatoms. The molecule has 90 valence electrons. The van der Waals surface area contributed by atoms with Crippen LogP contribution in [0.2, 0.25) is 0 Å². The van der Waals surface area contributed by atoms with Crippen LogP contribution in [0.15, 0.2) is 18.3 Å². The van der Waals surface area contributed by atoms with Gasteiger partial charge in [0.2, 0.25) is 5.95 Å². The van der Waals surface area contributed by atoms with Crippen molar-refractivity contribution in [1.82, 2.24) is 9.97 Å². The number of hydrazine groups is 1. The number of hydrogen-bond acceptors (Lipinski definition) is 4. The van der Waals surface area contributed by atoms with Crippen LogP contribution >= 0.6 is 0 Å². The average Bonchev–Trinajstić information content (AvgIpc) is 2.81. The van der Waals surface area contributed by atoms with Gasteiger partial charge in [0.25, 0.3) is 0 Å². The van der Waals surface area contributed by atoms with E-state index in [1.807, 2.05) is 19.1 Å². The molecule has 0 saturated heterocycles. The summed E-state index contributed by atoms with van der Waals surface area (Å²) in [6, 6.07) is 3.96. The molecule has 0 aliphatic heterocycles. The second kappa shape index (κ2) is 4.47. The largest absolute Gasteiger partial charge is 0.496 e. The van der Waals surface area contributed by atoms with Crippen LogP contribution in [0.4, 0.5) is 5.95 Å². The number of nitrogens with one attached hydrogen (secondary N) is 2. The van der Waals surface area contributed by atoms with E-state index in [-0.39, 0.29) is 0 Å². The summed E-state index contributed by atoms with van der Waals surface area (Å²) in [5, 5.41) is 0. The van der Waals surface area contributed by atoms with E-state index in [0.29, 0.717) is 5.95 Å². The Labute approximate surface area is 100.0 Å². The van der Waals surface area contributed by atoms with Crippen LogP contribution in [0.3, 0.4) is 0 Å². The van der Waals surface area contributed by atoms with Gasteiger partial charge in [-0.2, -0.15) is 0 Å². The number of aromatic nitrogens is 2. The lowest BCUT2D eigenvalue weighted by Crippen LogP contribution is -2.07. The highest BCUT2D eigenvalue weighted by Gasteiger charge is 2.10. The van der Waals surface area contributed by atoms with Gasteiger partial charge in [-0.05, 0) is 37.1 Å². The van der Waals surface area contributed by atoms with Crippen molar-refractivity contribution in [2.24, 2.45) is 5.84 Å². The highest BCUT2D eigenvalue weighted by molar-refractivity contribution is 5.67. The Kier molecular flexibility index (Phi) is 3.01. The maximum absolute atomic E-state index is 5.29. The van der Waals surface area contributed by atoms with Gasteiger partial charge in [0.05, 0.1) is 19.0 Å². The predicted octanol–water partition coefficient (Wildman–Crippen LogP) is 1.99. The van der Waals surface area contributed by atoms with Crippen molar-refractivity contribution in [3.8, 4) is 17.0 Å². The van der Waals surface area contributed by atoms with Gasteiger partial charge < -0.3 is 9.72 Å². The predicted molar refractivity (Wildman–Crippen MR) is 67.9 cm³/mol. The Morgan fingerprint density at radius 3 is 2.65 bits per heavy atom. The number of H-pyrrole nitrogens is 1. The summed E-state index contributed by atoms with van der Waals surface area (Å²) in [4.78, 5) is 7.20. The Morgan fingerprint density at radius 2 is 2.06 bits per heavy atom. The first-order chi connectivity index (χ1) is 8.17. The molecule has 1 aromatic carbocycles. The Bertz CT molecular complexity index is 533. The minimum atomic E-state index is 0.549. The minimum Gasteiger partial charge on any atom is -0.496 e. The first kappa shape index (κ1) is 11.5. The van der Waals surface area contributed by atoms with Gasteiger partial charge in [0, 0.05) is 5.56 Å². The number of ether oxygens (including phenoxy) is 1. The zero-order valence-electron chi connectivity index (χ0n) is 10.2. The summed E-state index contributed by atoms with van der Waals surface area (Å²) in [7, 11) is 1.67. The number of benzene rings is 1. The molecule has 2 rings (SSSR count). The number of imidazole rings is 1. The number of nitrogen functional groups attached to an aromatic ring is 1. The second-order valence-electron chi connectivity index (χ2n) is 3.86. The molecule has 0 radical (unpaired) electrons. The fourth-order valence-corrected chi connectivity index (χ4v) is 1.84. The lowest BCUT2D eigenvalue weighted by Gasteiger charge is -2.11. The number of nitrogens with zero attached hydrogens (tertiary/aromatic N) is 1. The van der Waals surface area contributed by atoms with E-state index in [0.717, 1.165) is 28.1 Å². The van der Waals surface area contributed by atoms with Crippen molar-refractivity contribution < 1.29 is 4.74 Å². The molecule has 0 fully saturated rings. The summed E-state index contributed by atoms with van der Waals surface area (Å²) in [5.41, 5.74) is 6.80. The number of anilines is 1. The normalized spacial score (nSPS) is 10.4. The number of methoxy groups -OCH3 is 1. The molecule has 17 heavy (non-hydrogen) atoms. The quantitative estimate of drug-likeness (QED) is 0.558. The molecule has 4 N–H and O–H groups in total. The van der Waals surface area contributed by atoms with E-state index < -0.39 is 0 Å². The van der Waals surface area contributed by atoms with Crippen LogP contribution in [0.25, 0.3) is 11.3 Å². The molecule has 5 nitrogen and oxygen atoms in total. The van der Waals surface area contributed by atoms with Crippen LogP contribution in [-0.2, 0) is 0 Å². The highest BCUT2D eigenvalue weighted by atomic mass is 16.5. The van der Waals surface area contributed by atoms with Crippen molar-refractivity contribution >= 4 is 5.95 Å². The fraction of sp³-hybridized carbons (Fsp3) is 0.250. The Hall–Kier alpha value is -2.01. The van der Waals surface area contributed by atoms with E-state index in [4.69, 9.17) is 10.6 Å². The van der Waals surface area contributed by atoms with Gasteiger partial charge in [-0.1, -0.05) is 0 Å². The van der Waals surface area contributed by atoms with E-state index in [1.165, 1.54) is 0 Å². The van der Waals surface area contributed by atoms with Crippen molar-refractivity contribution in [3.05, 3.63) is 29.5 Å². The van der Waals surface area contributed by atoms with Gasteiger partial charge in [-0.3, -0.25) is 5.43 Å². The lowest BCUT2D eigenvalue weighted by atomic mass is 10.0. The lowest BCUT2D eigenvalue weighted by molar-refractivity contribution is 0.411. The van der Waals surface area contributed by atoms with Crippen LogP contribution in [-0.4, -0.2) is 17.1 Å². The second-order valence-corrected chi connectivity index (χ2v) is 3.86. The molecule has 0 atom stereocenters. The molecule has 1 heterocycles. The first-order valence-corrected chi connectivity index (χ1v) is 5.33. The van der Waals surface area contributed by atoms with Crippen LogP contribution in [0.1, 0.15) is 11.1 Å². The van der Waals surface area contributed by atoms with E-state index >= 15 is 0 Å². The Morgan fingerprint density at radius 1 is 1.29 bits per heavy atom. The molecule has 1 aromatic heterocycles. The number of rotatable bonds is 3. The Balaban J connectivity index is 2.49. The standard InChI is InChI=1S/C12H16N4O/c1-7-8(2)11(17-3)5-4-9(7)10-6-14-12(15-10)16-13/h4-6H,13H2,1-3H3,(H2,14,15,16). The SMILES string of the molecule is COc1ccc(-c2cnc(NN)[nH]2)c(C)c1C. The van der Waals surface area contributed by atoms with Crippen molar-refractivity contribution in [2.45, 2.75) is 13.8 Å². The number of nitrogens with two attached hydrogens (primary N) is 1. The van der Waals surface area contributed by atoms with Gasteiger partial charge in [0.15, 0.2) is 0 Å². The van der Waals surface area contributed by atoms with Crippen molar-refractivity contribution in [3.63, 3.8) is 0 Å². The first-order valence-electron chi connectivity index (χ1n) is 5.33. The molecule has 2 aromatic rings. The van der Waals surface area contributed by atoms with E-state index in [9.17, 15) is 0 Å². The third-order valence-electron chi connectivity index (χ3n) is 2.96. The maximum Gasteiger partial charge on any atom is 0.215 e.